The number of H-pyrrole nitrogens is 1. The monoisotopic (exact) mass is 268 g/mol. The number of nitrogens with zero attached hydrogens (tertiary/aromatic N) is 1. The number of fused-ring (bicyclic) bond motifs is 1. The number of aromatic amines is 1. The van der Waals surface area contributed by atoms with Crippen LogP contribution < -0.4 is 0 Å². The van der Waals surface area contributed by atoms with Gasteiger partial charge in [-0.3, -0.25) is 0 Å². The number of hydrogen-bond acceptors (Lipinski definition) is 1. The van der Waals surface area contributed by atoms with Crippen molar-refractivity contribution in [3.8, 4) is 11.1 Å². The third kappa shape index (κ3) is 3.70. The smallest absolute Gasteiger partial charge is 0.137 e. The molecular weight excluding hydrogens is 244 g/mol. The van der Waals surface area contributed by atoms with E-state index in [9.17, 15) is 0 Å². The summed E-state index contributed by atoms with van der Waals surface area (Å²) in [6, 6.07) is 12.7. The molecule has 0 saturated heterocycles. The quantitative estimate of drug-likeness (QED) is 0.612. The van der Waals surface area contributed by atoms with Gasteiger partial charge in [-0.15, -0.1) is 0 Å². The molecule has 3 aromatic rings. The van der Waals surface area contributed by atoms with Crippen molar-refractivity contribution in [1.82, 2.24) is 9.97 Å². The summed E-state index contributed by atoms with van der Waals surface area (Å²) < 4.78 is 0. The van der Waals surface area contributed by atoms with Crippen molar-refractivity contribution >= 4 is 11.0 Å². The van der Waals surface area contributed by atoms with Crippen LogP contribution in [0.5, 0.6) is 0 Å². The number of aromatic nitrogens is 2. The van der Waals surface area contributed by atoms with Gasteiger partial charge in [-0.1, -0.05) is 57.5 Å². The summed E-state index contributed by atoms with van der Waals surface area (Å²) in [5, 5.41) is 1.15. The van der Waals surface area contributed by atoms with Crippen molar-refractivity contribution in [2.24, 2.45) is 0 Å². The van der Waals surface area contributed by atoms with Crippen molar-refractivity contribution in [3.05, 3.63) is 54.4 Å². The van der Waals surface area contributed by atoms with E-state index in [1.165, 1.54) is 11.1 Å². The molecule has 0 bridgehead atoms. The molecule has 0 saturated carbocycles. The summed E-state index contributed by atoms with van der Waals surface area (Å²) in [4.78, 5) is 7.49. The van der Waals surface area contributed by atoms with Crippen molar-refractivity contribution in [3.63, 3.8) is 0 Å². The molecule has 2 heteroatoms. The molecule has 1 N–H and O–H groups in total. The Balaban J connectivity index is 0.000000461. The van der Waals surface area contributed by atoms with Gasteiger partial charge in [0.2, 0.25) is 0 Å². The lowest BCUT2D eigenvalue weighted by molar-refractivity contribution is 1.32. The SMILES string of the molecule is CC.CC.Cc1cccc(-c2cnc3[nH]ccc3c2)c1. The molecule has 0 radical (unpaired) electrons. The van der Waals surface area contributed by atoms with Gasteiger partial charge in [0.1, 0.15) is 5.65 Å². The summed E-state index contributed by atoms with van der Waals surface area (Å²) >= 11 is 0. The van der Waals surface area contributed by atoms with E-state index in [0.717, 1.165) is 16.6 Å². The average Bonchev–Trinajstić information content (AvgIpc) is 2.99. The molecule has 2 aromatic heterocycles. The number of aryl methyl sites for hydroxylation is 1. The summed E-state index contributed by atoms with van der Waals surface area (Å²) in [6.07, 6.45) is 3.82. The molecule has 1 aromatic carbocycles. The van der Waals surface area contributed by atoms with Crippen molar-refractivity contribution in [2.45, 2.75) is 34.6 Å². The van der Waals surface area contributed by atoms with Crippen molar-refractivity contribution < 1.29 is 0 Å². The molecule has 0 spiro atoms. The molecule has 0 aliphatic heterocycles. The van der Waals surface area contributed by atoms with E-state index in [1.807, 2.05) is 46.2 Å². The maximum absolute atomic E-state index is 4.39. The van der Waals surface area contributed by atoms with E-state index >= 15 is 0 Å². The Morgan fingerprint density at radius 2 is 1.65 bits per heavy atom. The van der Waals surface area contributed by atoms with Crippen LogP contribution in [-0.2, 0) is 0 Å². The second kappa shape index (κ2) is 8.16. The summed E-state index contributed by atoms with van der Waals surface area (Å²) in [6.45, 7) is 10.1. The first-order valence-corrected chi connectivity index (χ1v) is 7.33. The Kier molecular flexibility index (Phi) is 6.51. The fourth-order valence-electron chi connectivity index (χ4n) is 1.92. The standard InChI is InChI=1S/C14H12N2.2C2H6/c1-10-3-2-4-11(7-10)13-8-12-5-6-15-14(12)16-9-13;2*1-2/h2-9H,1H3,(H,15,16);2*1-2H3. The number of pyridine rings is 1. The molecule has 0 aliphatic rings. The van der Waals surface area contributed by atoms with E-state index in [2.05, 4.69) is 47.2 Å². The van der Waals surface area contributed by atoms with Crippen LogP contribution in [0.3, 0.4) is 0 Å². The van der Waals surface area contributed by atoms with E-state index in [1.54, 1.807) is 0 Å². The fraction of sp³-hybridized carbons (Fsp3) is 0.278. The average molecular weight is 268 g/mol. The van der Waals surface area contributed by atoms with Crippen LogP contribution in [0, 0.1) is 6.92 Å². The molecule has 106 valence electrons. The lowest BCUT2D eigenvalue weighted by atomic mass is 10.0. The van der Waals surface area contributed by atoms with Crippen LogP contribution in [0.25, 0.3) is 22.2 Å². The Bertz CT molecular complexity index is 638. The van der Waals surface area contributed by atoms with Crippen LogP contribution in [0.2, 0.25) is 0 Å². The van der Waals surface area contributed by atoms with E-state index in [-0.39, 0.29) is 0 Å². The number of rotatable bonds is 1. The normalized spacial score (nSPS) is 9.25. The molecular formula is C18H24N2. The summed E-state index contributed by atoms with van der Waals surface area (Å²) in [7, 11) is 0. The van der Waals surface area contributed by atoms with Crippen LogP contribution in [-0.4, -0.2) is 9.97 Å². The minimum atomic E-state index is 0.941. The second-order valence-corrected chi connectivity index (χ2v) is 4.01. The van der Waals surface area contributed by atoms with Crippen LogP contribution in [0.4, 0.5) is 0 Å². The van der Waals surface area contributed by atoms with Gasteiger partial charge >= 0.3 is 0 Å². The van der Waals surface area contributed by atoms with Gasteiger partial charge in [0.05, 0.1) is 0 Å². The second-order valence-electron chi connectivity index (χ2n) is 4.01. The van der Waals surface area contributed by atoms with Crippen LogP contribution >= 0.6 is 0 Å². The molecule has 0 amide bonds. The summed E-state index contributed by atoms with van der Waals surface area (Å²) in [5.74, 6) is 0. The summed E-state index contributed by atoms with van der Waals surface area (Å²) in [5.41, 5.74) is 4.59. The van der Waals surface area contributed by atoms with Crippen LogP contribution in [0.15, 0.2) is 48.8 Å². The molecule has 0 aliphatic carbocycles. The fourth-order valence-corrected chi connectivity index (χ4v) is 1.92. The lowest BCUT2D eigenvalue weighted by Crippen LogP contribution is -1.82. The lowest BCUT2D eigenvalue weighted by Gasteiger charge is -2.02. The Morgan fingerprint density at radius 3 is 2.35 bits per heavy atom. The van der Waals surface area contributed by atoms with E-state index < -0.39 is 0 Å². The number of nitrogens with one attached hydrogen (secondary N) is 1. The Labute approximate surface area is 121 Å². The molecule has 2 heterocycles. The number of hydrogen-bond donors (Lipinski definition) is 1. The van der Waals surface area contributed by atoms with Gasteiger partial charge in [-0.2, -0.15) is 0 Å². The zero-order chi connectivity index (χ0) is 15.0. The van der Waals surface area contributed by atoms with Gasteiger partial charge in [0.25, 0.3) is 0 Å². The van der Waals surface area contributed by atoms with Gasteiger partial charge in [0.15, 0.2) is 0 Å². The maximum atomic E-state index is 4.39. The molecule has 2 nitrogen and oxygen atoms in total. The topological polar surface area (TPSA) is 28.7 Å². The van der Waals surface area contributed by atoms with E-state index in [4.69, 9.17) is 0 Å². The molecule has 3 rings (SSSR count). The highest BCUT2D eigenvalue weighted by Gasteiger charge is 2.01. The highest BCUT2D eigenvalue weighted by Crippen LogP contribution is 2.22. The predicted octanol–water partition coefficient (Wildman–Crippen LogP) is 5.59. The molecule has 0 unspecified atom stereocenters. The zero-order valence-corrected chi connectivity index (χ0v) is 13.1. The minimum absolute atomic E-state index is 0.941. The predicted molar refractivity (Wildman–Crippen MR) is 89.0 cm³/mol. The van der Waals surface area contributed by atoms with Gasteiger partial charge in [0, 0.05) is 23.3 Å². The third-order valence-corrected chi connectivity index (χ3v) is 2.75. The highest BCUT2D eigenvalue weighted by molar-refractivity contribution is 5.81. The molecule has 0 fully saturated rings. The first kappa shape index (κ1) is 16.0. The molecule has 0 atom stereocenters. The van der Waals surface area contributed by atoms with E-state index in [0.29, 0.717) is 0 Å². The number of benzene rings is 1. The van der Waals surface area contributed by atoms with Gasteiger partial charge in [-0.25, -0.2) is 4.98 Å². The first-order valence-electron chi connectivity index (χ1n) is 7.33. The van der Waals surface area contributed by atoms with Crippen molar-refractivity contribution in [1.29, 1.82) is 0 Å². The third-order valence-electron chi connectivity index (χ3n) is 2.75. The molecule has 20 heavy (non-hydrogen) atoms. The largest absolute Gasteiger partial charge is 0.346 e. The van der Waals surface area contributed by atoms with Gasteiger partial charge in [-0.05, 0) is 24.6 Å². The minimum Gasteiger partial charge on any atom is -0.346 e. The zero-order valence-electron chi connectivity index (χ0n) is 13.1. The Hall–Kier alpha value is -2.09. The first-order chi connectivity index (χ1) is 9.83. The Morgan fingerprint density at radius 1 is 0.900 bits per heavy atom. The van der Waals surface area contributed by atoms with Gasteiger partial charge < -0.3 is 4.98 Å². The van der Waals surface area contributed by atoms with Crippen LogP contribution in [0.1, 0.15) is 33.3 Å². The highest BCUT2D eigenvalue weighted by atomic mass is 14.8. The van der Waals surface area contributed by atoms with Crippen molar-refractivity contribution in [2.75, 3.05) is 0 Å². The maximum Gasteiger partial charge on any atom is 0.137 e.